The highest BCUT2D eigenvalue weighted by Gasteiger charge is 2.25. The van der Waals surface area contributed by atoms with E-state index in [1.165, 1.54) is 12.1 Å². The van der Waals surface area contributed by atoms with E-state index < -0.39 is 10.0 Å². The number of hydrogen-bond acceptors (Lipinski definition) is 5. The first kappa shape index (κ1) is 17.9. The summed E-state index contributed by atoms with van der Waals surface area (Å²) in [7, 11) is -3.75. The predicted molar refractivity (Wildman–Crippen MR) is 108 cm³/mol. The fourth-order valence-electron chi connectivity index (χ4n) is 2.89. The molecule has 1 amide bonds. The van der Waals surface area contributed by atoms with E-state index in [0.717, 1.165) is 11.1 Å². The molecule has 4 rings (SSSR count). The van der Waals surface area contributed by atoms with Gasteiger partial charge in [-0.2, -0.15) is 0 Å². The number of sulfonamides is 1. The molecule has 2 aromatic carbocycles. The minimum absolute atomic E-state index is 0.0198. The van der Waals surface area contributed by atoms with Crippen LogP contribution >= 0.6 is 0 Å². The highest BCUT2D eigenvalue weighted by Crippen LogP contribution is 2.33. The van der Waals surface area contributed by atoms with Crippen molar-refractivity contribution in [2.75, 3.05) is 10.6 Å². The minimum atomic E-state index is -3.75. The maximum absolute atomic E-state index is 12.3. The third kappa shape index (κ3) is 3.51. The number of primary sulfonamides is 1. The van der Waals surface area contributed by atoms with E-state index in [9.17, 15) is 13.2 Å². The molecule has 1 aliphatic heterocycles. The molecule has 2 heterocycles. The van der Waals surface area contributed by atoms with Crippen LogP contribution in [0.4, 0.5) is 11.5 Å². The molecule has 8 heteroatoms. The summed E-state index contributed by atoms with van der Waals surface area (Å²) in [5, 5.41) is 10.8. The number of aromatic nitrogens is 1. The highest BCUT2D eigenvalue weighted by atomic mass is 32.2. The summed E-state index contributed by atoms with van der Waals surface area (Å²) in [6.07, 6.45) is 3.29. The van der Waals surface area contributed by atoms with Crippen molar-refractivity contribution in [1.82, 2.24) is 4.98 Å². The van der Waals surface area contributed by atoms with Crippen LogP contribution < -0.4 is 15.8 Å². The Labute approximate surface area is 162 Å². The Morgan fingerprint density at radius 1 is 1.00 bits per heavy atom. The average molecular weight is 392 g/mol. The molecule has 0 atom stereocenters. The molecule has 4 N–H and O–H groups in total. The van der Waals surface area contributed by atoms with Gasteiger partial charge < -0.3 is 10.6 Å². The number of carbonyl (C=O) groups is 1. The zero-order chi connectivity index (χ0) is 19.7. The van der Waals surface area contributed by atoms with Crippen molar-refractivity contribution in [3.05, 3.63) is 78.6 Å². The summed E-state index contributed by atoms with van der Waals surface area (Å²) in [6.45, 7) is 0. The van der Waals surface area contributed by atoms with E-state index in [4.69, 9.17) is 5.14 Å². The Morgan fingerprint density at radius 2 is 1.71 bits per heavy atom. The number of carbonyl (C=O) groups excluding carboxylic acids is 1. The SMILES string of the molecule is NS(=O)(=O)c1ccc(N/C=C2\C(=O)Nc3ncc(-c4ccccc4)cc32)cc1. The number of nitrogens with one attached hydrogen (secondary N) is 2. The second kappa shape index (κ2) is 6.91. The predicted octanol–water partition coefficient (Wildman–Crippen LogP) is 2.80. The zero-order valence-corrected chi connectivity index (χ0v) is 15.4. The lowest BCUT2D eigenvalue weighted by atomic mass is 10.0. The van der Waals surface area contributed by atoms with Gasteiger partial charge in [0, 0.05) is 29.2 Å². The van der Waals surface area contributed by atoms with E-state index in [0.29, 0.717) is 22.6 Å². The second-order valence-electron chi connectivity index (χ2n) is 6.21. The molecule has 0 fully saturated rings. The molecule has 0 radical (unpaired) electrons. The van der Waals surface area contributed by atoms with E-state index >= 15 is 0 Å². The van der Waals surface area contributed by atoms with Gasteiger partial charge in [-0.3, -0.25) is 4.79 Å². The molecule has 0 unspecified atom stereocenters. The molecule has 0 saturated heterocycles. The first-order valence-corrected chi connectivity index (χ1v) is 9.93. The molecule has 3 aromatic rings. The lowest BCUT2D eigenvalue weighted by molar-refractivity contribution is -0.110. The van der Waals surface area contributed by atoms with E-state index in [1.807, 2.05) is 36.4 Å². The second-order valence-corrected chi connectivity index (χ2v) is 7.77. The van der Waals surface area contributed by atoms with Crippen LogP contribution in [0.3, 0.4) is 0 Å². The maximum atomic E-state index is 12.3. The van der Waals surface area contributed by atoms with Gasteiger partial charge in [-0.05, 0) is 35.9 Å². The van der Waals surface area contributed by atoms with E-state index in [-0.39, 0.29) is 10.8 Å². The summed E-state index contributed by atoms with van der Waals surface area (Å²) in [5.74, 6) is 0.240. The Balaban J connectivity index is 1.63. The van der Waals surface area contributed by atoms with Crippen LogP contribution in [0, 0.1) is 0 Å². The largest absolute Gasteiger partial charge is 0.361 e. The van der Waals surface area contributed by atoms with Crippen molar-refractivity contribution in [1.29, 1.82) is 0 Å². The molecule has 7 nitrogen and oxygen atoms in total. The van der Waals surface area contributed by atoms with Crippen LogP contribution in [-0.2, 0) is 14.8 Å². The number of nitrogens with zero attached hydrogens (tertiary/aromatic N) is 1. The smallest absolute Gasteiger partial charge is 0.259 e. The third-order valence-electron chi connectivity index (χ3n) is 4.33. The Hall–Kier alpha value is -3.49. The van der Waals surface area contributed by atoms with E-state index in [1.54, 1.807) is 24.5 Å². The fraction of sp³-hybridized carbons (Fsp3) is 0. The van der Waals surface area contributed by atoms with Gasteiger partial charge in [0.25, 0.3) is 5.91 Å². The number of pyridine rings is 1. The molecular weight excluding hydrogens is 376 g/mol. The van der Waals surface area contributed by atoms with Gasteiger partial charge in [0.1, 0.15) is 5.82 Å². The Kier molecular flexibility index (Phi) is 4.42. The normalized spacial score (nSPS) is 14.6. The lowest BCUT2D eigenvalue weighted by Crippen LogP contribution is -2.11. The molecule has 28 heavy (non-hydrogen) atoms. The van der Waals surface area contributed by atoms with Gasteiger partial charge in [0.2, 0.25) is 10.0 Å². The maximum Gasteiger partial charge on any atom is 0.259 e. The average Bonchev–Trinajstić information content (AvgIpc) is 3.01. The summed E-state index contributed by atoms with van der Waals surface area (Å²) in [4.78, 5) is 16.7. The Bertz CT molecular complexity index is 1190. The highest BCUT2D eigenvalue weighted by molar-refractivity contribution is 7.89. The standard InChI is InChI=1S/C20H16N4O3S/c21-28(26,27)16-8-6-15(7-9-16)22-12-18-17-10-14(13-4-2-1-3-5-13)11-23-19(17)24-20(18)25/h1-12,22H,(H2,21,26,27)(H,23,24,25)/b18-12-. The van der Waals surface area contributed by atoms with Crippen molar-refractivity contribution >= 4 is 33.0 Å². The number of nitrogens with two attached hydrogens (primary N) is 1. The molecule has 0 aliphatic carbocycles. The first-order valence-electron chi connectivity index (χ1n) is 8.38. The molecule has 1 aromatic heterocycles. The molecule has 140 valence electrons. The van der Waals surface area contributed by atoms with Crippen molar-refractivity contribution in [3.8, 4) is 11.1 Å². The quantitative estimate of drug-likeness (QED) is 0.591. The number of benzene rings is 2. The number of amides is 1. The first-order chi connectivity index (χ1) is 13.4. The van der Waals surface area contributed by atoms with E-state index in [2.05, 4.69) is 15.6 Å². The van der Waals surface area contributed by atoms with Crippen molar-refractivity contribution in [2.24, 2.45) is 5.14 Å². The van der Waals surface area contributed by atoms with Crippen LogP contribution in [0.15, 0.2) is 78.0 Å². The fourth-order valence-corrected chi connectivity index (χ4v) is 3.41. The van der Waals surface area contributed by atoms with Gasteiger partial charge in [-0.15, -0.1) is 0 Å². The van der Waals surface area contributed by atoms with Crippen LogP contribution in [-0.4, -0.2) is 19.3 Å². The van der Waals surface area contributed by atoms with Crippen LogP contribution in [0.5, 0.6) is 0 Å². The molecule has 0 spiro atoms. The lowest BCUT2D eigenvalue weighted by Gasteiger charge is -2.05. The van der Waals surface area contributed by atoms with Gasteiger partial charge >= 0.3 is 0 Å². The topological polar surface area (TPSA) is 114 Å². The molecule has 0 saturated carbocycles. The monoisotopic (exact) mass is 392 g/mol. The third-order valence-corrected chi connectivity index (χ3v) is 5.26. The summed E-state index contributed by atoms with van der Waals surface area (Å²) < 4.78 is 22.7. The number of rotatable bonds is 4. The van der Waals surface area contributed by atoms with Crippen LogP contribution in [0.2, 0.25) is 0 Å². The number of hydrogen-bond donors (Lipinski definition) is 3. The zero-order valence-electron chi connectivity index (χ0n) is 14.6. The number of anilines is 2. The molecule has 1 aliphatic rings. The van der Waals surface area contributed by atoms with Crippen LogP contribution in [0.25, 0.3) is 16.7 Å². The van der Waals surface area contributed by atoms with Crippen molar-refractivity contribution in [2.45, 2.75) is 4.90 Å². The Morgan fingerprint density at radius 3 is 2.39 bits per heavy atom. The minimum Gasteiger partial charge on any atom is -0.361 e. The van der Waals surface area contributed by atoms with Crippen LogP contribution in [0.1, 0.15) is 5.56 Å². The molecular formula is C20H16N4O3S. The van der Waals surface area contributed by atoms with Gasteiger partial charge in [-0.1, -0.05) is 30.3 Å². The van der Waals surface area contributed by atoms with Crippen molar-refractivity contribution in [3.63, 3.8) is 0 Å². The number of fused-ring (bicyclic) bond motifs is 1. The summed E-state index contributed by atoms with van der Waals surface area (Å²) >= 11 is 0. The summed E-state index contributed by atoms with van der Waals surface area (Å²) in [5.41, 5.74) is 3.66. The van der Waals surface area contributed by atoms with Gasteiger partial charge in [0.15, 0.2) is 0 Å². The van der Waals surface area contributed by atoms with Crippen molar-refractivity contribution < 1.29 is 13.2 Å². The summed E-state index contributed by atoms with van der Waals surface area (Å²) in [6, 6.07) is 17.6. The van der Waals surface area contributed by atoms with Gasteiger partial charge in [0.05, 0.1) is 10.5 Å². The molecule has 0 bridgehead atoms. The van der Waals surface area contributed by atoms with Gasteiger partial charge in [-0.25, -0.2) is 18.5 Å².